The van der Waals surface area contributed by atoms with E-state index in [1.54, 1.807) is 30.3 Å². The Morgan fingerprint density at radius 3 is 2.67 bits per heavy atom. The molecule has 9 heteroatoms. The molecule has 0 unspecified atom stereocenters. The summed E-state index contributed by atoms with van der Waals surface area (Å²) < 4.78 is 1.36. The third kappa shape index (κ3) is 4.59. The van der Waals surface area contributed by atoms with Crippen LogP contribution in [0.4, 0.5) is 0 Å². The summed E-state index contributed by atoms with van der Waals surface area (Å²) in [5, 5.41) is 17.2. The Labute approximate surface area is 194 Å². The molecular formula is C24H25N3O5S. The van der Waals surface area contributed by atoms with Crippen LogP contribution in [0.3, 0.4) is 0 Å². The van der Waals surface area contributed by atoms with Crippen molar-refractivity contribution in [3.05, 3.63) is 58.4 Å². The fourth-order valence-corrected chi connectivity index (χ4v) is 4.75. The van der Waals surface area contributed by atoms with Crippen molar-refractivity contribution in [3.8, 4) is 0 Å². The van der Waals surface area contributed by atoms with Crippen LogP contribution >= 0.6 is 11.8 Å². The van der Waals surface area contributed by atoms with E-state index in [2.05, 4.69) is 10.6 Å². The molecule has 2 heterocycles. The summed E-state index contributed by atoms with van der Waals surface area (Å²) in [4.78, 5) is 49.5. The van der Waals surface area contributed by atoms with Crippen molar-refractivity contribution in [3.63, 3.8) is 0 Å². The van der Waals surface area contributed by atoms with Gasteiger partial charge in [0.15, 0.2) is 0 Å². The van der Waals surface area contributed by atoms with Crippen LogP contribution in [0.25, 0.3) is 21.7 Å². The van der Waals surface area contributed by atoms with Gasteiger partial charge in [0.1, 0.15) is 6.04 Å². The minimum Gasteiger partial charge on any atom is -0.480 e. The number of rotatable bonds is 8. The Bertz CT molecular complexity index is 1300. The molecule has 0 saturated carbocycles. The summed E-state index contributed by atoms with van der Waals surface area (Å²) in [6, 6.07) is 10.9. The number of pyridine rings is 1. The van der Waals surface area contributed by atoms with Gasteiger partial charge in [0.25, 0.3) is 11.5 Å². The Morgan fingerprint density at radius 1 is 1.18 bits per heavy atom. The predicted octanol–water partition coefficient (Wildman–Crippen LogP) is 2.54. The first-order valence-electron chi connectivity index (χ1n) is 10.8. The summed E-state index contributed by atoms with van der Waals surface area (Å²) in [6.45, 7) is 0.334. The average Bonchev–Trinajstić information content (AvgIpc) is 3.24. The first-order valence-corrected chi connectivity index (χ1v) is 12.2. The topological polar surface area (TPSA) is 118 Å². The lowest BCUT2D eigenvalue weighted by atomic mass is 10.0. The number of amides is 2. The molecule has 4 rings (SSSR count). The molecule has 2 amide bonds. The number of carboxylic acid groups (broad SMARTS) is 1. The van der Waals surface area contributed by atoms with Crippen molar-refractivity contribution < 1.29 is 19.5 Å². The number of nitrogens with zero attached hydrogens (tertiary/aromatic N) is 1. The van der Waals surface area contributed by atoms with Crippen molar-refractivity contribution in [2.24, 2.45) is 0 Å². The highest BCUT2D eigenvalue weighted by molar-refractivity contribution is 7.98. The number of aromatic nitrogens is 1. The molecule has 2 atom stereocenters. The zero-order chi connectivity index (χ0) is 23.5. The number of aliphatic carboxylic acids is 1. The summed E-state index contributed by atoms with van der Waals surface area (Å²) in [5.74, 6) is -0.753. The lowest BCUT2D eigenvalue weighted by Gasteiger charge is -2.20. The van der Waals surface area contributed by atoms with Crippen LogP contribution < -0.4 is 16.2 Å². The molecule has 1 aliphatic rings. The molecule has 8 nitrogen and oxygen atoms in total. The van der Waals surface area contributed by atoms with Crippen LogP contribution in [0.1, 0.15) is 35.7 Å². The van der Waals surface area contributed by atoms with Gasteiger partial charge in [-0.05, 0) is 54.5 Å². The summed E-state index contributed by atoms with van der Waals surface area (Å²) >= 11 is 1.53. The number of nitrogens with one attached hydrogen (secondary N) is 2. The van der Waals surface area contributed by atoms with Gasteiger partial charge in [0.2, 0.25) is 5.91 Å². The van der Waals surface area contributed by atoms with E-state index in [-0.39, 0.29) is 17.9 Å². The zero-order valence-electron chi connectivity index (χ0n) is 18.2. The molecule has 0 spiro atoms. The molecule has 2 aromatic carbocycles. The molecule has 1 saturated heterocycles. The number of hydrogen-bond acceptors (Lipinski definition) is 5. The second-order valence-corrected chi connectivity index (χ2v) is 9.09. The van der Waals surface area contributed by atoms with Crippen molar-refractivity contribution in [2.75, 3.05) is 18.6 Å². The number of para-hydroxylation sites is 1. The van der Waals surface area contributed by atoms with Crippen LogP contribution in [0.5, 0.6) is 0 Å². The van der Waals surface area contributed by atoms with E-state index in [0.717, 1.165) is 0 Å². The maximum absolute atomic E-state index is 13.4. The number of carbonyl (C=O) groups is 3. The van der Waals surface area contributed by atoms with Crippen LogP contribution in [0, 0.1) is 0 Å². The normalized spacial score (nSPS) is 16.6. The van der Waals surface area contributed by atoms with E-state index in [1.807, 2.05) is 18.4 Å². The number of fused-ring (bicyclic) bond motifs is 3. The highest BCUT2D eigenvalue weighted by atomic mass is 32.2. The fraction of sp³-hybridized carbons (Fsp3) is 0.333. The largest absolute Gasteiger partial charge is 0.480 e. The molecule has 3 N–H and O–H groups in total. The highest BCUT2D eigenvalue weighted by Crippen LogP contribution is 2.27. The maximum atomic E-state index is 13.4. The van der Waals surface area contributed by atoms with Gasteiger partial charge in [0, 0.05) is 35.3 Å². The van der Waals surface area contributed by atoms with E-state index < -0.39 is 17.6 Å². The van der Waals surface area contributed by atoms with Crippen LogP contribution in [0.2, 0.25) is 0 Å². The standard InChI is InChI=1S/C24H25N3O5S/c1-33-11-10-20(24(31)32)27-19-5-3-2-4-16(19)18-12-14(6-8-17(18)23(27)30)22(29)25-13-15-7-9-21(28)26-15/h2-6,8,12,15,20H,7,9-11,13H2,1H3,(H,25,29)(H,26,28)(H,31,32)/t15-,20-/m0/s1. The van der Waals surface area contributed by atoms with Crippen molar-refractivity contribution in [1.29, 1.82) is 0 Å². The van der Waals surface area contributed by atoms with Gasteiger partial charge >= 0.3 is 5.97 Å². The third-order valence-corrected chi connectivity index (χ3v) is 6.61. The SMILES string of the molecule is CSCC[C@@H](C(=O)O)n1c(=O)c2ccc(C(=O)NC[C@@H]3CCC(=O)N3)cc2c2ccccc21. The molecule has 3 aromatic rings. The monoisotopic (exact) mass is 467 g/mol. The molecular weight excluding hydrogens is 442 g/mol. The Hall–Kier alpha value is -3.33. The van der Waals surface area contributed by atoms with Crippen molar-refractivity contribution in [1.82, 2.24) is 15.2 Å². The first-order chi connectivity index (χ1) is 15.9. The van der Waals surface area contributed by atoms with Gasteiger partial charge in [-0.15, -0.1) is 0 Å². The molecule has 1 aliphatic heterocycles. The Balaban J connectivity index is 1.76. The fourth-order valence-electron chi connectivity index (χ4n) is 4.30. The molecule has 172 valence electrons. The minimum absolute atomic E-state index is 0.0140. The molecule has 33 heavy (non-hydrogen) atoms. The van der Waals surface area contributed by atoms with E-state index in [1.165, 1.54) is 16.3 Å². The van der Waals surface area contributed by atoms with Crippen LogP contribution in [0.15, 0.2) is 47.3 Å². The number of thioether (sulfide) groups is 1. The van der Waals surface area contributed by atoms with E-state index in [9.17, 15) is 24.3 Å². The summed E-state index contributed by atoms with van der Waals surface area (Å²) in [7, 11) is 0. The minimum atomic E-state index is -1.05. The number of carboxylic acids is 1. The number of hydrogen-bond donors (Lipinski definition) is 3. The number of carbonyl (C=O) groups excluding carboxylic acids is 2. The number of benzene rings is 2. The zero-order valence-corrected chi connectivity index (χ0v) is 19.0. The summed E-state index contributed by atoms with van der Waals surface area (Å²) in [5.41, 5.74) is 0.527. The van der Waals surface area contributed by atoms with E-state index >= 15 is 0 Å². The molecule has 0 radical (unpaired) electrons. The molecule has 1 fully saturated rings. The van der Waals surface area contributed by atoms with E-state index in [0.29, 0.717) is 58.8 Å². The molecule has 0 bridgehead atoms. The van der Waals surface area contributed by atoms with Gasteiger partial charge in [-0.1, -0.05) is 18.2 Å². The molecule has 0 aliphatic carbocycles. The highest BCUT2D eigenvalue weighted by Gasteiger charge is 2.25. The summed E-state index contributed by atoms with van der Waals surface area (Å²) in [6.07, 6.45) is 3.36. The van der Waals surface area contributed by atoms with Gasteiger partial charge in [-0.2, -0.15) is 11.8 Å². The Morgan fingerprint density at radius 2 is 1.97 bits per heavy atom. The lowest BCUT2D eigenvalue weighted by Crippen LogP contribution is -2.38. The first kappa shape index (κ1) is 22.8. The van der Waals surface area contributed by atoms with Crippen LogP contribution in [-0.2, 0) is 9.59 Å². The van der Waals surface area contributed by atoms with Gasteiger partial charge < -0.3 is 15.7 Å². The van der Waals surface area contributed by atoms with Crippen LogP contribution in [-0.4, -0.2) is 52.1 Å². The third-order valence-electron chi connectivity index (χ3n) is 5.97. The van der Waals surface area contributed by atoms with Gasteiger partial charge in [0.05, 0.1) is 5.52 Å². The predicted molar refractivity (Wildman–Crippen MR) is 129 cm³/mol. The maximum Gasteiger partial charge on any atom is 0.326 e. The quantitative estimate of drug-likeness (QED) is 0.438. The van der Waals surface area contributed by atoms with Gasteiger partial charge in [-0.25, -0.2) is 4.79 Å². The second-order valence-electron chi connectivity index (χ2n) is 8.10. The molecule has 1 aromatic heterocycles. The smallest absolute Gasteiger partial charge is 0.326 e. The lowest BCUT2D eigenvalue weighted by molar-refractivity contribution is -0.140. The Kier molecular flexibility index (Phi) is 6.69. The second kappa shape index (κ2) is 9.66. The van der Waals surface area contributed by atoms with E-state index in [4.69, 9.17) is 0 Å². The average molecular weight is 468 g/mol. The van der Waals surface area contributed by atoms with Crippen molar-refractivity contribution in [2.45, 2.75) is 31.3 Å². The van der Waals surface area contributed by atoms with Gasteiger partial charge in [-0.3, -0.25) is 19.0 Å². The van der Waals surface area contributed by atoms with Crippen molar-refractivity contribution >= 4 is 51.2 Å².